The van der Waals surface area contributed by atoms with Crippen LogP contribution in [-0.4, -0.2) is 19.5 Å². The highest BCUT2D eigenvalue weighted by molar-refractivity contribution is 9.10. The number of benzene rings is 2. The maximum Gasteiger partial charge on any atom is 0.148 e. The highest BCUT2D eigenvalue weighted by atomic mass is 79.9. The van der Waals surface area contributed by atoms with Crippen molar-refractivity contribution in [2.45, 2.75) is 13.8 Å². The van der Waals surface area contributed by atoms with Gasteiger partial charge in [0.2, 0.25) is 0 Å². The first-order valence-electron chi connectivity index (χ1n) is 8.08. The SMILES string of the molecule is Cc1cc(Br)c(-c2nc3ccccc3n2-c2cc(N)ncn2)c(C)c1N. The van der Waals surface area contributed by atoms with Gasteiger partial charge in [-0.05, 0) is 43.2 Å². The lowest BCUT2D eigenvalue weighted by molar-refractivity contribution is 1.00. The maximum atomic E-state index is 6.29. The van der Waals surface area contributed by atoms with E-state index in [0.29, 0.717) is 11.6 Å². The number of rotatable bonds is 2. The third-order valence-corrected chi connectivity index (χ3v) is 5.10. The van der Waals surface area contributed by atoms with E-state index in [1.807, 2.05) is 48.7 Å². The van der Waals surface area contributed by atoms with Gasteiger partial charge in [-0.15, -0.1) is 0 Å². The van der Waals surface area contributed by atoms with Gasteiger partial charge in [0, 0.05) is 21.8 Å². The maximum absolute atomic E-state index is 6.29. The minimum atomic E-state index is 0.401. The number of halogens is 1. The predicted octanol–water partition coefficient (Wildman–Crippen LogP) is 4.03. The molecule has 0 unspecified atom stereocenters. The van der Waals surface area contributed by atoms with Gasteiger partial charge in [-0.1, -0.05) is 28.1 Å². The molecule has 2 aromatic carbocycles. The Kier molecular flexibility index (Phi) is 3.88. The molecule has 0 aliphatic rings. The first-order valence-corrected chi connectivity index (χ1v) is 8.87. The molecule has 0 aliphatic heterocycles. The molecule has 0 saturated heterocycles. The molecule has 2 heterocycles. The molecule has 0 bridgehead atoms. The summed E-state index contributed by atoms with van der Waals surface area (Å²) in [4.78, 5) is 13.3. The van der Waals surface area contributed by atoms with Gasteiger partial charge in [0.05, 0.1) is 11.0 Å². The summed E-state index contributed by atoms with van der Waals surface area (Å²) in [6.45, 7) is 3.99. The first-order chi connectivity index (χ1) is 12.5. The fourth-order valence-electron chi connectivity index (χ4n) is 3.13. The van der Waals surface area contributed by atoms with Crippen LogP contribution in [0, 0.1) is 13.8 Å². The van der Waals surface area contributed by atoms with Gasteiger partial charge in [-0.25, -0.2) is 15.0 Å². The minimum absolute atomic E-state index is 0.401. The van der Waals surface area contributed by atoms with Crippen molar-refractivity contribution in [3.63, 3.8) is 0 Å². The summed E-state index contributed by atoms with van der Waals surface area (Å²) in [6.07, 6.45) is 1.45. The van der Waals surface area contributed by atoms with E-state index in [2.05, 4.69) is 25.9 Å². The van der Waals surface area contributed by atoms with Crippen LogP contribution in [0.15, 0.2) is 47.2 Å². The molecule has 0 spiro atoms. The van der Waals surface area contributed by atoms with E-state index < -0.39 is 0 Å². The summed E-state index contributed by atoms with van der Waals surface area (Å²) >= 11 is 3.68. The number of hydrogen-bond acceptors (Lipinski definition) is 5. The number of nitrogens with two attached hydrogens (primary N) is 2. The van der Waals surface area contributed by atoms with Gasteiger partial charge in [0.15, 0.2) is 0 Å². The Morgan fingerprint density at radius 1 is 1.04 bits per heavy atom. The smallest absolute Gasteiger partial charge is 0.148 e. The molecule has 7 heteroatoms. The van der Waals surface area contributed by atoms with Crippen LogP contribution in [0.5, 0.6) is 0 Å². The lowest BCUT2D eigenvalue weighted by atomic mass is 10.0. The van der Waals surface area contributed by atoms with Gasteiger partial charge in [0.25, 0.3) is 0 Å². The summed E-state index contributed by atoms with van der Waals surface area (Å²) in [5.41, 5.74) is 17.7. The Morgan fingerprint density at radius 3 is 2.58 bits per heavy atom. The Bertz CT molecular complexity index is 1150. The molecule has 6 nitrogen and oxygen atoms in total. The van der Waals surface area contributed by atoms with Crippen LogP contribution >= 0.6 is 15.9 Å². The van der Waals surface area contributed by atoms with Gasteiger partial charge in [-0.2, -0.15) is 0 Å². The zero-order valence-electron chi connectivity index (χ0n) is 14.4. The van der Waals surface area contributed by atoms with E-state index >= 15 is 0 Å². The standard InChI is InChI=1S/C19H17BrN6/c1-10-7-12(20)17(11(2)18(10)22)19-25-13-5-3-4-6-14(13)26(19)16-8-15(21)23-9-24-16/h3-9H,22H2,1-2H3,(H2,21,23,24). The molecule has 130 valence electrons. The van der Waals surface area contributed by atoms with Crippen LogP contribution in [0.4, 0.5) is 11.5 Å². The van der Waals surface area contributed by atoms with Crippen molar-refractivity contribution in [3.8, 4) is 17.2 Å². The second-order valence-corrected chi connectivity index (χ2v) is 7.00. The fourth-order valence-corrected chi connectivity index (χ4v) is 3.95. The molecular formula is C19H17BrN6. The molecule has 4 N–H and O–H groups in total. The highest BCUT2D eigenvalue weighted by Gasteiger charge is 2.20. The average Bonchev–Trinajstić information content (AvgIpc) is 2.98. The average molecular weight is 409 g/mol. The van der Waals surface area contributed by atoms with Gasteiger partial charge in [-0.3, -0.25) is 4.57 Å². The topological polar surface area (TPSA) is 95.6 Å². The predicted molar refractivity (Wildman–Crippen MR) is 108 cm³/mol. The summed E-state index contributed by atoms with van der Waals surface area (Å²) in [7, 11) is 0. The van der Waals surface area contributed by atoms with Crippen molar-refractivity contribution < 1.29 is 0 Å². The van der Waals surface area contributed by atoms with Gasteiger partial charge < -0.3 is 11.5 Å². The van der Waals surface area contributed by atoms with Gasteiger partial charge >= 0.3 is 0 Å². The molecule has 0 radical (unpaired) electrons. The summed E-state index contributed by atoms with van der Waals surface area (Å²) in [5.74, 6) is 1.81. The monoisotopic (exact) mass is 408 g/mol. The van der Waals surface area contributed by atoms with Crippen LogP contribution in [0.3, 0.4) is 0 Å². The summed E-state index contributed by atoms with van der Waals surface area (Å²) in [5, 5.41) is 0. The first kappa shape index (κ1) is 16.5. The van der Waals surface area contributed by atoms with Crippen molar-refractivity contribution in [2.24, 2.45) is 0 Å². The molecule has 0 saturated carbocycles. The molecular weight excluding hydrogens is 392 g/mol. The zero-order valence-corrected chi connectivity index (χ0v) is 15.9. The Labute approximate surface area is 159 Å². The van der Waals surface area contributed by atoms with E-state index in [-0.39, 0.29) is 0 Å². The molecule has 4 aromatic rings. The second-order valence-electron chi connectivity index (χ2n) is 6.15. The minimum Gasteiger partial charge on any atom is -0.398 e. The number of aromatic nitrogens is 4. The second kappa shape index (κ2) is 6.10. The van der Waals surface area contributed by atoms with E-state index in [9.17, 15) is 0 Å². The number of para-hydroxylation sites is 2. The van der Waals surface area contributed by atoms with Crippen LogP contribution in [0.1, 0.15) is 11.1 Å². The van der Waals surface area contributed by atoms with E-state index in [1.165, 1.54) is 6.33 Å². The molecule has 4 rings (SSSR count). The van der Waals surface area contributed by atoms with E-state index in [0.717, 1.165) is 43.7 Å². The highest BCUT2D eigenvalue weighted by Crippen LogP contribution is 2.38. The molecule has 0 fully saturated rings. The van der Waals surface area contributed by atoms with Crippen LogP contribution in [0.2, 0.25) is 0 Å². The van der Waals surface area contributed by atoms with Crippen LogP contribution in [0.25, 0.3) is 28.2 Å². The third kappa shape index (κ3) is 2.52. The van der Waals surface area contributed by atoms with Crippen molar-refractivity contribution in [1.29, 1.82) is 0 Å². The number of hydrogen-bond donors (Lipinski definition) is 2. The number of nitrogen functional groups attached to an aromatic ring is 2. The van der Waals surface area contributed by atoms with Crippen molar-refractivity contribution in [2.75, 3.05) is 11.5 Å². The number of aryl methyl sites for hydroxylation is 1. The Morgan fingerprint density at radius 2 is 1.81 bits per heavy atom. The number of anilines is 2. The molecule has 26 heavy (non-hydrogen) atoms. The van der Waals surface area contributed by atoms with Crippen LogP contribution < -0.4 is 11.5 Å². The largest absolute Gasteiger partial charge is 0.398 e. The van der Waals surface area contributed by atoms with Crippen molar-refractivity contribution >= 4 is 38.5 Å². The molecule has 0 atom stereocenters. The van der Waals surface area contributed by atoms with Gasteiger partial charge in [0.1, 0.15) is 23.8 Å². The van der Waals surface area contributed by atoms with E-state index in [1.54, 1.807) is 6.07 Å². The number of fused-ring (bicyclic) bond motifs is 1. The number of nitrogens with zero attached hydrogens (tertiary/aromatic N) is 4. The van der Waals surface area contributed by atoms with Crippen molar-refractivity contribution in [1.82, 2.24) is 19.5 Å². The lowest BCUT2D eigenvalue weighted by Gasteiger charge is -2.15. The normalized spacial score (nSPS) is 11.2. The van der Waals surface area contributed by atoms with Crippen molar-refractivity contribution in [3.05, 3.63) is 58.3 Å². The fraction of sp³-hybridized carbons (Fsp3) is 0.105. The molecule has 0 aliphatic carbocycles. The quantitative estimate of drug-likeness (QED) is 0.488. The third-order valence-electron chi connectivity index (χ3n) is 4.47. The van der Waals surface area contributed by atoms with Crippen LogP contribution in [-0.2, 0) is 0 Å². The van der Waals surface area contributed by atoms with E-state index in [4.69, 9.17) is 16.5 Å². The Hall–Kier alpha value is -2.93. The zero-order chi connectivity index (χ0) is 18.4. The Balaban J connectivity index is 2.13. The number of imidazole rings is 1. The summed E-state index contributed by atoms with van der Waals surface area (Å²) < 4.78 is 2.91. The molecule has 2 aromatic heterocycles. The lowest BCUT2D eigenvalue weighted by Crippen LogP contribution is -2.05. The molecule has 0 amide bonds. The summed E-state index contributed by atoms with van der Waals surface area (Å²) in [6, 6.07) is 11.7.